The maximum atomic E-state index is 11.0. The molecule has 2 rings (SSSR count). The number of hydrogen-bond donors (Lipinski definition) is 1. The molecular formula is C9H12N4O. The van der Waals surface area contributed by atoms with Gasteiger partial charge in [0, 0.05) is 18.3 Å². The molecule has 1 amide bonds. The van der Waals surface area contributed by atoms with Gasteiger partial charge in [0.15, 0.2) is 0 Å². The molecule has 0 aromatic carbocycles. The van der Waals surface area contributed by atoms with Gasteiger partial charge in [0.25, 0.3) is 0 Å². The summed E-state index contributed by atoms with van der Waals surface area (Å²) in [6, 6.07) is 0. The van der Waals surface area contributed by atoms with E-state index in [0.717, 1.165) is 22.7 Å². The molecule has 0 fully saturated rings. The number of hydrogen-bond acceptors (Lipinski definition) is 3. The summed E-state index contributed by atoms with van der Waals surface area (Å²) in [6.45, 7) is 3.90. The Bertz CT molecular complexity index is 430. The molecule has 5 nitrogen and oxygen atoms in total. The van der Waals surface area contributed by atoms with Crippen LogP contribution in [0.5, 0.6) is 0 Å². The van der Waals surface area contributed by atoms with E-state index < -0.39 is 0 Å². The van der Waals surface area contributed by atoms with E-state index >= 15 is 0 Å². The van der Waals surface area contributed by atoms with Crippen molar-refractivity contribution in [1.82, 2.24) is 15.2 Å². The fourth-order valence-electron chi connectivity index (χ4n) is 1.70. The molecule has 0 radical (unpaired) electrons. The number of amides is 1. The highest BCUT2D eigenvalue weighted by Crippen LogP contribution is 2.16. The van der Waals surface area contributed by atoms with Crippen molar-refractivity contribution in [2.75, 3.05) is 0 Å². The maximum Gasteiger partial charge on any atom is 0.246 e. The van der Waals surface area contributed by atoms with Gasteiger partial charge in [0.1, 0.15) is 0 Å². The summed E-state index contributed by atoms with van der Waals surface area (Å²) in [7, 11) is 1.89. The molecule has 0 saturated heterocycles. The minimum Gasteiger partial charge on any atom is -0.273 e. The van der Waals surface area contributed by atoms with Gasteiger partial charge in [-0.3, -0.25) is 9.48 Å². The quantitative estimate of drug-likeness (QED) is 0.693. The summed E-state index contributed by atoms with van der Waals surface area (Å²) < 4.78 is 1.80. The van der Waals surface area contributed by atoms with Crippen molar-refractivity contribution in [1.29, 1.82) is 0 Å². The van der Waals surface area contributed by atoms with E-state index in [0.29, 0.717) is 6.42 Å². The Balaban J connectivity index is 2.46. The number of aromatic nitrogens is 2. The number of rotatable bonds is 1. The van der Waals surface area contributed by atoms with Crippen molar-refractivity contribution in [3.63, 3.8) is 0 Å². The second kappa shape index (κ2) is 2.94. The van der Waals surface area contributed by atoms with Crippen molar-refractivity contribution in [2.24, 2.45) is 12.1 Å². The topological polar surface area (TPSA) is 59.3 Å². The molecule has 0 bridgehead atoms. The summed E-state index contributed by atoms with van der Waals surface area (Å²) in [5, 5.41) is 8.26. The molecule has 1 aromatic heterocycles. The van der Waals surface area contributed by atoms with E-state index in [1.807, 2.05) is 20.9 Å². The summed E-state index contributed by atoms with van der Waals surface area (Å²) >= 11 is 0. The minimum absolute atomic E-state index is 0.0531. The number of hydrazone groups is 1. The summed E-state index contributed by atoms with van der Waals surface area (Å²) in [5.74, 6) is -0.0531. The van der Waals surface area contributed by atoms with Crippen molar-refractivity contribution in [3.8, 4) is 0 Å². The molecule has 14 heavy (non-hydrogen) atoms. The summed E-state index contributed by atoms with van der Waals surface area (Å²) in [4.78, 5) is 11.0. The lowest BCUT2D eigenvalue weighted by atomic mass is 10.1. The van der Waals surface area contributed by atoms with Crippen LogP contribution >= 0.6 is 0 Å². The zero-order chi connectivity index (χ0) is 10.3. The van der Waals surface area contributed by atoms with Gasteiger partial charge in [0.05, 0.1) is 17.8 Å². The molecule has 2 heterocycles. The monoisotopic (exact) mass is 192 g/mol. The zero-order valence-corrected chi connectivity index (χ0v) is 8.46. The van der Waals surface area contributed by atoms with E-state index in [-0.39, 0.29) is 5.91 Å². The van der Waals surface area contributed by atoms with Gasteiger partial charge in [-0.2, -0.15) is 10.2 Å². The maximum absolute atomic E-state index is 11.0. The van der Waals surface area contributed by atoms with E-state index in [9.17, 15) is 4.79 Å². The van der Waals surface area contributed by atoms with Crippen molar-refractivity contribution in [2.45, 2.75) is 20.3 Å². The molecule has 1 aromatic rings. The molecule has 0 spiro atoms. The van der Waals surface area contributed by atoms with Crippen LogP contribution in [-0.4, -0.2) is 21.4 Å². The molecule has 1 aliphatic rings. The fraction of sp³-hybridized carbons (Fsp3) is 0.444. The van der Waals surface area contributed by atoms with Crippen LogP contribution in [0.3, 0.4) is 0 Å². The van der Waals surface area contributed by atoms with E-state index in [1.165, 1.54) is 0 Å². The highest BCUT2D eigenvalue weighted by atomic mass is 16.2. The zero-order valence-electron chi connectivity index (χ0n) is 8.46. The van der Waals surface area contributed by atoms with Crippen LogP contribution in [0.15, 0.2) is 5.10 Å². The van der Waals surface area contributed by atoms with Crippen molar-refractivity contribution >= 4 is 11.6 Å². The predicted molar refractivity (Wildman–Crippen MR) is 52.0 cm³/mol. The van der Waals surface area contributed by atoms with E-state index in [2.05, 4.69) is 15.6 Å². The van der Waals surface area contributed by atoms with Crippen molar-refractivity contribution < 1.29 is 4.79 Å². The third-order valence-corrected chi connectivity index (χ3v) is 2.44. The van der Waals surface area contributed by atoms with Crippen LogP contribution in [0.25, 0.3) is 0 Å². The smallest absolute Gasteiger partial charge is 0.246 e. The van der Waals surface area contributed by atoms with Crippen LogP contribution in [0, 0.1) is 13.8 Å². The van der Waals surface area contributed by atoms with Gasteiger partial charge in [-0.15, -0.1) is 0 Å². The lowest BCUT2D eigenvalue weighted by Gasteiger charge is -1.98. The molecule has 5 heteroatoms. The standard InChI is InChI=1S/C9H12N4O/c1-5-9(6(2)13(3)12-5)7-4-8(14)11-10-7/h4H2,1-3H3,(H,11,14). The Morgan fingerprint density at radius 2 is 2.14 bits per heavy atom. The average molecular weight is 192 g/mol. The Morgan fingerprint density at radius 1 is 1.43 bits per heavy atom. The first-order chi connectivity index (χ1) is 6.59. The molecule has 0 atom stereocenters. The lowest BCUT2D eigenvalue weighted by molar-refractivity contribution is -0.119. The van der Waals surface area contributed by atoms with Crippen LogP contribution in [0.1, 0.15) is 23.4 Å². The molecule has 1 aliphatic heterocycles. The first-order valence-electron chi connectivity index (χ1n) is 4.45. The fourth-order valence-corrected chi connectivity index (χ4v) is 1.70. The molecular weight excluding hydrogens is 180 g/mol. The van der Waals surface area contributed by atoms with Crippen LogP contribution in [-0.2, 0) is 11.8 Å². The third kappa shape index (κ3) is 1.21. The number of carbonyl (C=O) groups excluding carboxylic acids is 1. The van der Waals surface area contributed by atoms with Crippen LogP contribution < -0.4 is 5.43 Å². The first kappa shape index (κ1) is 8.93. The Hall–Kier alpha value is -1.65. The third-order valence-electron chi connectivity index (χ3n) is 2.44. The predicted octanol–water partition coefficient (Wildman–Crippen LogP) is 0.261. The highest BCUT2D eigenvalue weighted by Gasteiger charge is 2.22. The number of nitrogens with zero attached hydrogens (tertiary/aromatic N) is 3. The average Bonchev–Trinajstić information content (AvgIpc) is 2.60. The molecule has 0 saturated carbocycles. The molecule has 0 aliphatic carbocycles. The van der Waals surface area contributed by atoms with E-state index in [1.54, 1.807) is 4.68 Å². The van der Waals surface area contributed by atoms with Crippen LogP contribution in [0.4, 0.5) is 0 Å². The number of nitrogens with one attached hydrogen (secondary N) is 1. The number of carbonyl (C=O) groups is 1. The SMILES string of the molecule is Cc1nn(C)c(C)c1C1=NNC(=O)C1. The highest BCUT2D eigenvalue weighted by molar-refractivity contribution is 6.14. The number of aryl methyl sites for hydroxylation is 2. The first-order valence-corrected chi connectivity index (χ1v) is 4.45. The van der Waals surface area contributed by atoms with Gasteiger partial charge in [-0.05, 0) is 13.8 Å². The molecule has 1 N–H and O–H groups in total. The molecule has 74 valence electrons. The van der Waals surface area contributed by atoms with Gasteiger partial charge < -0.3 is 0 Å². The largest absolute Gasteiger partial charge is 0.273 e. The normalized spacial score (nSPS) is 15.6. The van der Waals surface area contributed by atoms with Gasteiger partial charge in [-0.1, -0.05) is 0 Å². The van der Waals surface area contributed by atoms with Gasteiger partial charge in [-0.25, -0.2) is 5.43 Å². The summed E-state index contributed by atoms with van der Waals surface area (Å²) in [5.41, 5.74) is 6.18. The van der Waals surface area contributed by atoms with E-state index in [4.69, 9.17) is 0 Å². The lowest BCUT2D eigenvalue weighted by Crippen LogP contribution is -2.09. The molecule has 0 unspecified atom stereocenters. The Morgan fingerprint density at radius 3 is 2.57 bits per heavy atom. The van der Waals surface area contributed by atoms with Gasteiger partial charge >= 0.3 is 0 Å². The Labute approximate surface area is 81.8 Å². The Kier molecular flexibility index (Phi) is 1.87. The minimum atomic E-state index is -0.0531. The summed E-state index contributed by atoms with van der Waals surface area (Å²) in [6.07, 6.45) is 0.355. The second-order valence-corrected chi connectivity index (χ2v) is 3.44. The van der Waals surface area contributed by atoms with Crippen LogP contribution in [0.2, 0.25) is 0 Å². The van der Waals surface area contributed by atoms with Gasteiger partial charge in [0.2, 0.25) is 5.91 Å². The van der Waals surface area contributed by atoms with Crippen molar-refractivity contribution in [3.05, 3.63) is 17.0 Å². The second-order valence-electron chi connectivity index (χ2n) is 3.44.